The third-order valence-electron chi connectivity index (χ3n) is 3.83. The van der Waals surface area contributed by atoms with Crippen molar-refractivity contribution in [2.45, 2.75) is 51.1 Å². The Morgan fingerprint density at radius 1 is 1.53 bits per heavy atom. The average molecular weight is 237 g/mol. The molecule has 0 spiro atoms. The molecule has 2 rings (SSSR count). The van der Waals surface area contributed by atoms with Crippen molar-refractivity contribution < 1.29 is 4.74 Å². The van der Waals surface area contributed by atoms with Crippen LogP contribution in [0.1, 0.15) is 44.2 Å². The Morgan fingerprint density at radius 2 is 2.35 bits per heavy atom. The lowest BCUT2D eigenvalue weighted by molar-refractivity contribution is 0.330. The molecule has 0 radical (unpaired) electrons. The fourth-order valence-corrected chi connectivity index (χ4v) is 2.90. The van der Waals surface area contributed by atoms with Gasteiger partial charge in [-0.05, 0) is 33.2 Å². The van der Waals surface area contributed by atoms with Crippen LogP contribution in [0.5, 0.6) is 5.75 Å². The molecule has 1 aliphatic carbocycles. The van der Waals surface area contributed by atoms with E-state index in [1.165, 1.54) is 31.4 Å². The first kappa shape index (κ1) is 12.4. The molecule has 0 saturated heterocycles. The lowest BCUT2D eigenvalue weighted by Crippen LogP contribution is -2.31. The summed E-state index contributed by atoms with van der Waals surface area (Å²) in [6.45, 7) is 3.05. The second-order valence-corrected chi connectivity index (χ2v) is 4.76. The minimum Gasteiger partial charge on any atom is -0.493 e. The van der Waals surface area contributed by atoms with Gasteiger partial charge in [0.25, 0.3) is 0 Å². The summed E-state index contributed by atoms with van der Waals surface area (Å²) >= 11 is 0. The zero-order chi connectivity index (χ0) is 12.3. The SMILES string of the molecule is CCn1ncc(OC)c1C1CCCC(NC)C1. The van der Waals surface area contributed by atoms with Gasteiger partial charge in [-0.1, -0.05) is 6.42 Å². The van der Waals surface area contributed by atoms with Gasteiger partial charge in [0, 0.05) is 18.5 Å². The van der Waals surface area contributed by atoms with Crippen molar-refractivity contribution in [1.29, 1.82) is 0 Å². The zero-order valence-electron chi connectivity index (χ0n) is 11.1. The molecule has 1 N–H and O–H groups in total. The first-order valence-electron chi connectivity index (χ1n) is 6.57. The number of hydrogen-bond acceptors (Lipinski definition) is 3. The van der Waals surface area contributed by atoms with Gasteiger partial charge in [-0.3, -0.25) is 4.68 Å². The Balaban J connectivity index is 2.22. The summed E-state index contributed by atoms with van der Waals surface area (Å²) in [4.78, 5) is 0. The fourth-order valence-electron chi connectivity index (χ4n) is 2.90. The largest absolute Gasteiger partial charge is 0.493 e. The van der Waals surface area contributed by atoms with Gasteiger partial charge in [-0.2, -0.15) is 5.10 Å². The van der Waals surface area contributed by atoms with Crippen LogP contribution >= 0.6 is 0 Å². The summed E-state index contributed by atoms with van der Waals surface area (Å²) in [5, 5.41) is 7.80. The molecule has 2 atom stereocenters. The third kappa shape index (κ3) is 2.46. The highest BCUT2D eigenvalue weighted by molar-refractivity contribution is 5.29. The van der Waals surface area contributed by atoms with E-state index in [1.54, 1.807) is 7.11 Å². The molecule has 1 aromatic heterocycles. The van der Waals surface area contributed by atoms with Crippen molar-refractivity contribution >= 4 is 0 Å². The molecule has 1 heterocycles. The van der Waals surface area contributed by atoms with Gasteiger partial charge in [-0.15, -0.1) is 0 Å². The second-order valence-electron chi connectivity index (χ2n) is 4.76. The monoisotopic (exact) mass is 237 g/mol. The van der Waals surface area contributed by atoms with Crippen LogP contribution in [0.4, 0.5) is 0 Å². The summed E-state index contributed by atoms with van der Waals surface area (Å²) in [7, 11) is 3.79. The van der Waals surface area contributed by atoms with E-state index < -0.39 is 0 Å². The highest BCUT2D eigenvalue weighted by atomic mass is 16.5. The first-order chi connectivity index (χ1) is 8.30. The molecule has 0 amide bonds. The molecular formula is C13H23N3O. The molecule has 1 aromatic rings. The van der Waals surface area contributed by atoms with E-state index in [2.05, 4.69) is 29.1 Å². The third-order valence-corrected chi connectivity index (χ3v) is 3.83. The van der Waals surface area contributed by atoms with Crippen LogP contribution in [0, 0.1) is 0 Å². The standard InChI is InChI=1S/C13H23N3O/c1-4-16-13(12(17-3)9-15-16)10-6-5-7-11(8-10)14-2/h9-11,14H,4-8H2,1-3H3. The van der Waals surface area contributed by atoms with E-state index in [0.29, 0.717) is 12.0 Å². The predicted octanol–water partition coefficient (Wildman–Crippen LogP) is 2.16. The number of nitrogens with zero attached hydrogens (tertiary/aromatic N) is 2. The van der Waals surface area contributed by atoms with Crippen molar-refractivity contribution in [2.24, 2.45) is 0 Å². The molecule has 0 bridgehead atoms. The predicted molar refractivity (Wildman–Crippen MR) is 68.5 cm³/mol. The van der Waals surface area contributed by atoms with Crippen LogP contribution < -0.4 is 10.1 Å². The number of rotatable bonds is 4. The molecule has 4 heteroatoms. The van der Waals surface area contributed by atoms with Crippen LogP contribution in [0.3, 0.4) is 0 Å². The Hall–Kier alpha value is -1.03. The topological polar surface area (TPSA) is 39.1 Å². The average Bonchev–Trinajstić information content (AvgIpc) is 2.81. The lowest BCUT2D eigenvalue weighted by atomic mass is 9.83. The summed E-state index contributed by atoms with van der Waals surface area (Å²) in [6.07, 6.45) is 6.87. The Kier molecular flexibility index (Phi) is 4.05. The van der Waals surface area contributed by atoms with Crippen LogP contribution in [0.2, 0.25) is 0 Å². The van der Waals surface area contributed by atoms with E-state index in [4.69, 9.17) is 4.74 Å². The number of nitrogens with one attached hydrogen (secondary N) is 1. The smallest absolute Gasteiger partial charge is 0.160 e. The van der Waals surface area contributed by atoms with E-state index in [9.17, 15) is 0 Å². The highest BCUT2D eigenvalue weighted by Gasteiger charge is 2.27. The van der Waals surface area contributed by atoms with E-state index in [0.717, 1.165) is 12.3 Å². The molecule has 0 aromatic carbocycles. The molecule has 1 aliphatic rings. The number of aryl methyl sites for hydroxylation is 1. The van der Waals surface area contributed by atoms with Crippen LogP contribution in [0.15, 0.2) is 6.20 Å². The molecule has 1 fully saturated rings. The molecule has 2 unspecified atom stereocenters. The van der Waals surface area contributed by atoms with Crippen molar-refractivity contribution in [3.05, 3.63) is 11.9 Å². The Morgan fingerprint density at radius 3 is 3.00 bits per heavy atom. The van der Waals surface area contributed by atoms with Gasteiger partial charge in [-0.25, -0.2) is 0 Å². The van der Waals surface area contributed by atoms with Crippen molar-refractivity contribution in [2.75, 3.05) is 14.2 Å². The summed E-state index contributed by atoms with van der Waals surface area (Å²) < 4.78 is 7.53. The molecule has 1 saturated carbocycles. The van der Waals surface area contributed by atoms with Crippen LogP contribution in [-0.2, 0) is 6.54 Å². The number of aromatic nitrogens is 2. The van der Waals surface area contributed by atoms with Crippen molar-refractivity contribution in [1.82, 2.24) is 15.1 Å². The van der Waals surface area contributed by atoms with Crippen molar-refractivity contribution in [3.63, 3.8) is 0 Å². The molecule has 17 heavy (non-hydrogen) atoms. The Bertz CT molecular complexity index is 340. The number of methoxy groups -OCH3 is 1. The maximum Gasteiger partial charge on any atom is 0.160 e. The number of hydrogen-bond donors (Lipinski definition) is 1. The molecule has 0 aliphatic heterocycles. The van der Waals surface area contributed by atoms with Crippen LogP contribution in [-0.4, -0.2) is 30.0 Å². The van der Waals surface area contributed by atoms with Gasteiger partial charge in [0.2, 0.25) is 0 Å². The molecule has 96 valence electrons. The van der Waals surface area contributed by atoms with Gasteiger partial charge in [0.15, 0.2) is 5.75 Å². The fraction of sp³-hybridized carbons (Fsp3) is 0.769. The van der Waals surface area contributed by atoms with Crippen molar-refractivity contribution in [3.8, 4) is 5.75 Å². The van der Waals surface area contributed by atoms with E-state index in [-0.39, 0.29) is 0 Å². The zero-order valence-corrected chi connectivity index (χ0v) is 11.1. The Labute approximate surface area is 103 Å². The minimum atomic E-state index is 0.582. The van der Waals surface area contributed by atoms with Gasteiger partial charge in [0.05, 0.1) is 19.0 Å². The van der Waals surface area contributed by atoms with E-state index >= 15 is 0 Å². The lowest BCUT2D eigenvalue weighted by Gasteiger charge is -2.29. The minimum absolute atomic E-state index is 0.582. The molecule has 4 nitrogen and oxygen atoms in total. The van der Waals surface area contributed by atoms with Gasteiger partial charge in [0.1, 0.15) is 0 Å². The normalized spacial score (nSPS) is 24.9. The maximum absolute atomic E-state index is 5.45. The maximum atomic E-state index is 5.45. The summed E-state index contributed by atoms with van der Waals surface area (Å²) in [6, 6.07) is 0.638. The van der Waals surface area contributed by atoms with Gasteiger partial charge >= 0.3 is 0 Å². The molecular weight excluding hydrogens is 214 g/mol. The number of ether oxygens (including phenoxy) is 1. The van der Waals surface area contributed by atoms with Crippen LogP contribution in [0.25, 0.3) is 0 Å². The summed E-state index contributed by atoms with van der Waals surface area (Å²) in [5.74, 6) is 1.53. The quantitative estimate of drug-likeness (QED) is 0.872. The highest BCUT2D eigenvalue weighted by Crippen LogP contribution is 2.37. The summed E-state index contributed by atoms with van der Waals surface area (Å²) in [5.41, 5.74) is 1.29. The van der Waals surface area contributed by atoms with E-state index in [1.807, 2.05) is 6.20 Å². The van der Waals surface area contributed by atoms with Gasteiger partial charge < -0.3 is 10.1 Å². The first-order valence-corrected chi connectivity index (χ1v) is 6.57. The second kappa shape index (κ2) is 5.54.